The third-order valence-electron chi connectivity index (χ3n) is 2.98. The maximum atomic E-state index is 9.87. The Morgan fingerprint density at radius 3 is 2.00 bits per heavy atom. The van der Waals surface area contributed by atoms with Crippen LogP contribution in [0.4, 0.5) is 0 Å². The van der Waals surface area contributed by atoms with Gasteiger partial charge in [-0.3, -0.25) is 0 Å². The first-order valence-corrected chi connectivity index (χ1v) is 21.0. The molecule has 0 saturated heterocycles. The molecule has 0 unspecified atom stereocenters. The first-order valence-electron chi connectivity index (χ1n) is 6.74. The quantitative estimate of drug-likeness (QED) is 0.566. The van der Waals surface area contributed by atoms with Gasteiger partial charge in [0.15, 0.2) is 0 Å². The Morgan fingerprint density at radius 1 is 1.11 bits per heavy atom. The van der Waals surface area contributed by atoms with Gasteiger partial charge in [-0.2, -0.15) is 0 Å². The molecule has 0 atom stereocenters. The van der Waals surface area contributed by atoms with Crippen molar-refractivity contribution in [3.05, 3.63) is 38.4 Å². The zero-order valence-corrected chi connectivity index (χ0v) is 17.6. The van der Waals surface area contributed by atoms with E-state index in [4.69, 9.17) is 0 Å². The Hall–Kier alpha value is 0.286. The summed E-state index contributed by atoms with van der Waals surface area (Å²) in [4.78, 5) is 8.62. The average molecular weight is 401 g/mol. The van der Waals surface area contributed by atoms with Crippen molar-refractivity contribution in [3.63, 3.8) is 0 Å². The molecular weight excluding hydrogens is 375 g/mol. The van der Waals surface area contributed by atoms with Crippen LogP contribution in [0.1, 0.15) is 0 Å². The number of thioether (sulfide) groups is 1. The molecule has 0 heterocycles. The van der Waals surface area contributed by atoms with Gasteiger partial charge in [-0.05, 0) is 0 Å². The Bertz CT molecular complexity index is 443. The molecular formula is C15H26OSSiSn. The van der Waals surface area contributed by atoms with Crippen LogP contribution in [0, 0.1) is 0 Å². The molecule has 1 aromatic rings. The van der Waals surface area contributed by atoms with Gasteiger partial charge in [0.1, 0.15) is 0 Å². The van der Waals surface area contributed by atoms with Crippen LogP contribution < -0.4 is 0 Å². The van der Waals surface area contributed by atoms with Crippen LogP contribution in [0.15, 0.2) is 43.3 Å². The molecule has 0 bridgehead atoms. The molecule has 1 nitrogen and oxygen atoms in total. The molecule has 0 saturated carbocycles. The van der Waals surface area contributed by atoms with Gasteiger partial charge in [0.25, 0.3) is 0 Å². The van der Waals surface area contributed by atoms with E-state index in [9.17, 15) is 5.11 Å². The third kappa shape index (κ3) is 5.29. The number of aliphatic hydroxyl groups is 1. The normalized spacial score (nSPS) is 14.3. The first kappa shape index (κ1) is 17.3. The molecule has 1 aromatic carbocycles. The minimum atomic E-state index is -2.22. The Labute approximate surface area is 127 Å². The second kappa shape index (κ2) is 6.83. The van der Waals surface area contributed by atoms with Gasteiger partial charge < -0.3 is 0 Å². The van der Waals surface area contributed by atoms with Crippen molar-refractivity contribution in [2.75, 3.05) is 6.61 Å². The van der Waals surface area contributed by atoms with Crippen molar-refractivity contribution in [3.8, 4) is 0 Å². The minimum absolute atomic E-state index is 0.235. The van der Waals surface area contributed by atoms with E-state index in [0.717, 1.165) is 0 Å². The Kier molecular flexibility index (Phi) is 6.23. The van der Waals surface area contributed by atoms with E-state index >= 15 is 0 Å². The molecule has 106 valence electrons. The molecule has 0 aromatic heterocycles. The summed E-state index contributed by atoms with van der Waals surface area (Å²) in [7, 11) is -1.45. The third-order valence-corrected chi connectivity index (χ3v) is 16.8. The Morgan fingerprint density at radius 2 is 1.63 bits per heavy atom. The second-order valence-corrected chi connectivity index (χ2v) is 28.4. The summed E-state index contributed by atoms with van der Waals surface area (Å²) in [5.41, 5.74) is 0. The zero-order valence-electron chi connectivity index (χ0n) is 12.9. The summed E-state index contributed by atoms with van der Waals surface area (Å²) < 4.78 is 1.54. The summed E-state index contributed by atoms with van der Waals surface area (Å²) in [6.45, 7) is 7.24. The molecule has 0 aliphatic heterocycles. The SMILES string of the molecule is C[Si](C)(C)/C(CO)=[C](/Sc1ccccc1)[Sn]([CH3])([CH3])[CH3]. The molecule has 1 rings (SSSR count). The Balaban J connectivity index is 3.27. The van der Waals surface area contributed by atoms with Crippen molar-refractivity contribution < 1.29 is 5.11 Å². The van der Waals surface area contributed by atoms with Crippen molar-refractivity contribution >= 4 is 38.2 Å². The van der Waals surface area contributed by atoms with E-state index in [1.54, 1.807) is 2.92 Å². The molecule has 0 aliphatic rings. The molecule has 0 spiro atoms. The number of hydrogen-bond donors (Lipinski definition) is 1. The van der Waals surface area contributed by atoms with Gasteiger partial charge in [0, 0.05) is 0 Å². The van der Waals surface area contributed by atoms with Crippen LogP contribution in [0.3, 0.4) is 0 Å². The predicted octanol–water partition coefficient (Wildman–Crippen LogP) is 4.78. The van der Waals surface area contributed by atoms with Crippen molar-refractivity contribution in [1.82, 2.24) is 0 Å². The van der Waals surface area contributed by atoms with Gasteiger partial charge >= 0.3 is 128 Å². The number of rotatable bonds is 5. The standard InChI is InChI=1S/C12H17OSSi.3CH3.Sn/c1-15(2,3)12(9-13)10-14-11-7-5-4-6-8-11;;;;/h4-8,13H,9H2,1-3H3;3*1H3;. The van der Waals surface area contributed by atoms with Crippen LogP contribution in [0.5, 0.6) is 0 Å². The van der Waals surface area contributed by atoms with Crippen molar-refractivity contribution in [2.24, 2.45) is 0 Å². The fourth-order valence-electron chi connectivity index (χ4n) is 1.92. The van der Waals surface area contributed by atoms with Gasteiger partial charge in [-0.1, -0.05) is 0 Å². The summed E-state index contributed by atoms with van der Waals surface area (Å²) in [6, 6.07) is 10.6. The summed E-state index contributed by atoms with van der Waals surface area (Å²) in [5, 5.41) is 11.2. The van der Waals surface area contributed by atoms with E-state index in [-0.39, 0.29) is 6.61 Å². The van der Waals surface area contributed by atoms with Gasteiger partial charge in [0.2, 0.25) is 0 Å². The van der Waals surface area contributed by atoms with Crippen LogP contribution in [0.25, 0.3) is 0 Å². The van der Waals surface area contributed by atoms with Gasteiger partial charge in [-0.15, -0.1) is 0 Å². The molecule has 1 N–H and O–H groups in total. The first-order chi connectivity index (χ1) is 8.66. The number of benzene rings is 1. The summed E-state index contributed by atoms with van der Waals surface area (Å²) in [5.74, 6) is 0. The molecule has 0 radical (unpaired) electrons. The summed E-state index contributed by atoms with van der Waals surface area (Å²) >= 11 is -0.318. The van der Waals surface area contributed by atoms with Crippen LogP contribution in [-0.4, -0.2) is 38.2 Å². The fourth-order valence-corrected chi connectivity index (χ4v) is 17.3. The molecule has 0 aliphatic carbocycles. The molecule has 0 fully saturated rings. The number of hydrogen-bond acceptors (Lipinski definition) is 2. The molecule has 4 heteroatoms. The van der Waals surface area contributed by atoms with Gasteiger partial charge in [0.05, 0.1) is 0 Å². The predicted molar refractivity (Wildman–Crippen MR) is 93.1 cm³/mol. The molecule has 19 heavy (non-hydrogen) atoms. The van der Waals surface area contributed by atoms with Crippen LogP contribution >= 0.6 is 11.8 Å². The summed E-state index contributed by atoms with van der Waals surface area (Å²) in [6.07, 6.45) is 0. The van der Waals surface area contributed by atoms with E-state index in [0.29, 0.717) is 0 Å². The maximum absolute atomic E-state index is 9.87. The fraction of sp³-hybridized carbons (Fsp3) is 0.467. The van der Waals surface area contributed by atoms with Crippen molar-refractivity contribution in [1.29, 1.82) is 0 Å². The monoisotopic (exact) mass is 402 g/mol. The van der Waals surface area contributed by atoms with E-state index < -0.39 is 26.5 Å². The van der Waals surface area contributed by atoms with E-state index in [1.807, 2.05) is 11.8 Å². The topological polar surface area (TPSA) is 20.2 Å². The van der Waals surface area contributed by atoms with Gasteiger partial charge in [-0.25, -0.2) is 0 Å². The van der Waals surface area contributed by atoms with Crippen LogP contribution in [-0.2, 0) is 0 Å². The van der Waals surface area contributed by atoms with Crippen molar-refractivity contribution in [2.45, 2.75) is 39.4 Å². The average Bonchev–Trinajstić information content (AvgIpc) is 2.27. The van der Waals surface area contributed by atoms with E-state index in [2.05, 4.69) is 64.8 Å². The zero-order chi connectivity index (χ0) is 14.7. The molecule has 0 amide bonds. The van der Waals surface area contributed by atoms with Crippen LogP contribution in [0.2, 0.25) is 34.5 Å². The van der Waals surface area contributed by atoms with E-state index in [1.165, 1.54) is 10.1 Å². The second-order valence-electron chi connectivity index (χ2n) is 6.88. The number of aliphatic hydroxyl groups excluding tert-OH is 1.